The largest absolute Gasteiger partial charge is 0.230 e. The average Bonchev–Trinajstić information content (AvgIpc) is 1.88. The van der Waals surface area contributed by atoms with Crippen LogP contribution in [0, 0.1) is 11.9 Å². The molecular formula is C5H2ClF2NS. The number of nitrogens with zero attached hydrogens (tertiary/aromatic N) is 1. The van der Waals surface area contributed by atoms with Gasteiger partial charge >= 0.3 is 0 Å². The summed E-state index contributed by atoms with van der Waals surface area (Å²) < 4.78 is 24.5. The van der Waals surface area contributed by atoms with Crippen molar-refractivity contribution in [2.24, 2.45) is 0 Å². The Morgan fingerprint density at radius 2 is 2.10 bits per heavy atom. The van der Waals surface area contributed by atoms with Crippen LogP contribution in [-0.4, -0.2) is 4.98 Å². The minimum atomic E-state index is -0.875. The van der Waals surface area contributed by atoms with E-state index in [1.54, 1.807) is 0 Å². The summed E-state index contributed by atoms with van der Waals surface area (Å²) in [5.74, 6) is -1.72. The van der Waals surface area contributed by atoms with E-state index in [1.807, 2.05) is 0 Å². The molecule has 0 aliphatic carbocycles. The Bertz CT molecular complexity index is 243. The summed E-state index contributed by atoms with van der Waals surface area (Å²) >= 11 is 0. The van der Waals surface area contributed by atoms with Crippen LogP contribution >= 0.6 is 21.7 Å². The van der Waals surface area contributed by atoms with E-state index in [0.717, 1.165) is 6.07 Å². The molecule has 0 unspecified atom stereocenters. The lowest BCUT2D eigenvalue weighted by molar-refractivity contribution is 0.495. The van der Waals surface area contributed by atoms with Crippen LogP contribution in [0.4, 0.5) is 8.78 Å². The molecule has 0 aliphatic rings. The molecule has 0 aromatic carbocycles. The summed E-state index contributed by atoms with van der Waals surface area (Å²) in [5, 5.41) is 0. The SMILES string of the molecule is Fc1ccc(SCl)c(F)n1. The van der Waals surface area contributed by atoms with Gasteiger partial charge in [0.15, 0.2) is 0 Å². The lowest BCUT2D eigenvalue weighted by Gasteiger charge is -1.93. The van der Waals surface area contributed by atoms with E-state index in [1.165, 1.54) is 6.07 Å². The minimum absolute atomic E-state index is 0.128. The van der Waals surface area contributed by atoms with E-state index < -0.39 is 11.9 Å². The van der Waals surface area contributed by atoms with Crippen molar-refractivity contribution in [1.29, 1.82) is 0 Å². The highest BCUT2D eigenvalue weighted by Gasteiger charge is 2.03. The van der Waals surface area contributed by atoms with E-state index in [-0.39, 0.29) is 4.90 Å². The molecular weight excluding hydrogens is 180 g/mol. The smallest absolute Gasteiger partial charge is 0.190 e. The zero-order valence-corrected chi connectivity index (χ0v) is 6.22. The third kappa shape index (κ3) is 1.58. The molecule has 0 atom stereocenters. The second kappa shape index (κ2) is 3.16. The molecule has 0 bridgehead atoms. The highest BCUT2D eigenvalue weighted by Crippen LogP contribution is 2.23. The van der Waals surface area contributed by atoms with Crippen molar-refractivity contribution >= 4 is 21.7 Å². The van der Waals surface area contributed by atoms with Gasteiger partial charge in [0.2, 0.25) is 11.9 Å². The first-order chi connectivity index (χ1) is 4.74. The molecule has 0 fully saturated rings. The number of pyridine rings is 1. The second-order valence-electron chi connectivity index (χ2n) is 1.50. The number of rotatable bonds is 1. The van der Waals surface area contributed by atoms with Gasteiger partial charge in [-0.05, 0) is 33.8 Å². The van der Waals surface area contributed by atoms with Crippen molar-refractivity contribution in [2.45, 2.75) is 4.90 Å². The molecule has 0 spiro atoms. The molecule has 54 valence electrons. The minimum Gasteiger partial charge on any atom is -0.190 e. The third-order valence-electron chi connectivity index (χ3n) is 0.864. The molecule has 1 heterocycles. The van der Waals surface area contributed by atoms with Crippen LogP contribution in [0.3, 0.4) is 0 Å². The molecule has 0 saturated heterocycles. The Balaban J connectivity index is 3.07. The summed E-state index contributed by atoms with van der Waals surface area (Å²) in [6.07, 6.45) is 0. The topological polar surface area (TPSA) is 12.9 Å². The summed E-state index contributed by atoms with van der Waals surface area (Å²) in [6, 6.07) is 2.28. The highest BCUT2D eigenvalue weighted by molar-refractivity contribution is 8.21. The van der Waals surface area contributed by atoms with Crippen molar-refractivity contribution in [3.8, 4) is 0 Å². The van der Waals surface area contributed by atoms with Gasteiger partial charge in [-0.1, -0.05) is 0 Å². The van der Waals surface area contributed by atoms with Gasteiger partial charge in [-0.15, -0.1) is 0 Å². The fraction of sp³-hybridized carbons (Fsp3) is 0. The zero-order chi connectivity index (χ0) is 7.56. The molecule has 1 aromatic rings. The monoisotopic (exact) mass is 181 g/mol. The first-order valence-corrected chi connectivity index (χ1v) is 3.99. The molecule has 10 heavy (non-hydrogen) atoms. The van der Waals surface area contributed by atoms with Crippen LogP contribution in [0.5, 0.6) is 0 Å². The van der Waals surface area contributed by atoms with Gasteiger partial charge in [0.25, 0.3) is 0 Å². The van der Waals surface area contributed by atoms with Crippen LogP contribution in [0.1, 0.15) is 0 Å². The van der Waals surface area contributed by atoms with Gasteiger partial charge < -0.3 is 0 Å². The van der Waals surface area contributed by atoms with Crippen LogP contribution < -0.4 is 0 Å². The van der Waals surface area contributed by atoms with E-state index >= 15 is 0 Å². The third-order valence-corrected chi connectivity index (χ3v) is 1.83. The Labute approximate surface area is 64.9 Å². The van der Waals surface area contributed by atoms with E-state index in [2.05, 4.69) is 4.98 Å². The van der Waals surface area contributed by atoms with Gasteiger partial charge in [-0.2, -0.15) is 13.8 Å². The first-order valence-electron chi connectivity index (χ1n) is 2.34. The summed E-state index contributed by atoms with van der Waals surface area (Å²) in [4.78, 5) is 3.03. The number of halogens is 3. The van der Waals surface area contributed by atoms with Crippen molar-refractivity contribution in [3.05, 3.63) is 24.0 Å². The van der Waals surface area contributed by atoms with Gasteiger partial charge in [-0.25, -0.2) is 0 Å². The molecule has 1 aromatic heterocycles. The van der Waals surface area contributed by atoms with Gasteiger partial charge in [0.1, 0.15) is 0 Å². The zero-order valence-electron chi connectivity index (χ0n) is 4.64. The van der Waals surface area contributed by atoms with E-state index in [4.69, 9.17) is 10.7 Å². The summed E-state index contributed by atoms with van der Waals surface area (Å²) in [6.45, 7) is 0. The van der Waals surface area contributed by atoms with Gasteiger partial charge in [-0.3, -0.25) is 0 Å². The van der Waals surface area contributed by atoms with Crippen LogP contribution in [0.2, 0.25) is 0 Å². The van der Waals surface area contributed by atoms with E-state index in [9.17, 15) is 8.78 Å². The van der Waals surface area contributed by atoms with Crippen LogP contribution in [0.25, 0.3) is 0 Å². The average molecular weight is 182 g/mol. The van der Waals surface area contributed by atoms with E-state index in [0.29, 0.717) is 11.0 Å². The second-order valence-corrected chi connectivity index (χ2v) is 2.56. The van der Waals surface area contributed by atoms with Crippen molar-refractivity contribution in [1.82, 2.24) is 4.98 Å². The molecule has 0 aliphatic heterocycles. The Kier molecular flexibility index (Phi) is 2.45. The lowest BCUT2D eigenvalue weighted by atomic mass is 10.5. The van der Waals surface area contributed by atoms with Gasteiger partial charge in [0, 0.05) is 0 Å². The van der Waals surface area contributed by atoms with Crippen molar-refractivity contribution in [2.75, 3.05) is 0 Å². The fourth-order valence-electron chi connectivity index (χ4n) is 0.457. The highest BCUT2D eigenvalue weighted by atomic mass is 35.7. The molecule has 5 heteroatoms. The molecule has 1 nitrogen and oxygen atoms in total. The normalized spacial score (nSPS) is 9.90. The molecule has 0 saturated carbocycles. The standard InChI is InChI=1S/C5H2ClF2NS/c6-10-3-1-2-4(7)9-5(3)8/h1-2H. The lowest BCUT2D eigenvalue weighted by Crippen LogP contribution is -1.88. The quantitative estimate of drug-likeness (QED) is 0.618. The van der Waals surface area contributed by atoms with Gasteiger partial charge in [0.05, 0.1) is 4.90 Å². The number of hydrogen-bond acceptors (Lipinski definition) is 2. The fourth-order valence-corrected chi connectivity index (χ4v) is 1.03. The molecule has 0 N–H and O–H groups in total. The molecule has 1 rings (SSSR count). The first kappa shape index (κ1) is 7.75. The number of hydrogen-bond donors (Lipinski definition) is 0. The van der Waals surface area contributed by atoms with Crippen LogP contribution in [-0.2, 0) is 0 Å². The molecule has 0 amide bonds. The van der Waals surface area contributed by atoms with Crippen molar-refractivity contribution in [3.63, 3.8) is 0 Å². The summed E-state index contributed by atoms with van der Waals surface area (Å²) in [7, 11) is 5.87. The molecule has 0 radical (unpaired) electrons. The number of aromatic nitrogens is 1. The maximum absolute atomic E-state index is 12.4. The predicted octanol–water partition coefficient (Wildman–Crippen LogP) is 2.61. The Hall–Kier alpha value is -0.350. The Morgan fingerprint density at radius 3 is 2.60 bits per heavy atom. The maximum Gasteiger partial charge on any atom is 0.230 e. The maximum atomic E-state index is 12.4. The Morgan fingerprint density at radius 1 is 1.40 bits per heavy atom. The van der Waals surface area contributed by atoms with Crippen LogP contribution in [0.15, 0.2) is 17.0 Å². The summed E-state index contributed by atoms with van der Waals surface area (Å²) in [5.41, 5.74) is 0. The van der Waals surface area contributed by atoms with Crippen molar-refractivity contribution < 1.29 is 8.78 Å². The predicted molar refractivity (Wildman–Crippen MR) is 35.9 cm³/mol.